The summed E-state index contributed by atoms with van der Waals surface area (Å²) in [5.74, 6) is 1.76. The third kappa shape index (κ3) is 7.92. The molecule has 0 saturated carbocycles. The van der Waals surface area contributed by atoms with Gasteiger partial charge in [0.05, 0.1) is 25.5 Å². The van der Waals surface area contributed by atoms with Crippen LogP contribution in [0.25, 0.3) is 0 Å². The lowest BCUT2D eigenvalue weighted by Gasteiger charge is -2.23. The molecule has 0 aromatic carbocycles. The predicted molar refractivity (Wildman–Crippen MR) is 102 cm³/mol. The van der Waals surface area contributed by atoms with E-state index in [4.69, 9.17) is 4.74 Å². The van der Waals surface area contributed by atoms with Gasteiger partial charge >= 0.3 is 0 Å². The molecular formula is C17H34N4O3S. The SMILES string of the molecule is CCNC(=NCCOCCS(C)(=O)=O)N1CCC(CN2CCCC2)C1. The summed E-state index contributed by atoms with van der Waals surface area (Å²) in [5, 5.41) is 3.36. The molecule has 2 fully saturated rings. The predicted octanol–water partition coefficient (Wildman–Crippen LogP) is 0.431. The molecule has 8 heteroatoms. The minimum Gasteiger partial charge on any atom is -0.378 e. The number of ether oxygens (including phenoxy) is 1. The van der Waals surface area contributed by atoms with Crippen LogP contribution in [-0.2, 0) is 14.6 Å². The van der Waals surface area contributed by atoms with Crippen LogP contribution < -0.4 is 5.32 Å². The Morgan fingerprint density at radius 3 is 2.68 bits per heavy atom. The van der Waals surface area contributed by atoms with Gasteiger partial charge in [0.2, 0.25) is 0 Å². The molecular weight excluding hydrogens is 340 g/mol. The van der Waals surface area contributed by atoms with Gasteiger partial charge in [-0.05, 0) is 45.2 Å². The minimum absolute atomic E-state index is 0.0705. The lowest BCUT2D eigenvalue weighted by molar-refractivity contribution is 0.157. The maximum Gasteiger partial charge on any atom is 0.194 e. The number of nitrogens with zero attached hydrogens (tertiary/aromatic N) is 3. The molecule has 25 heavy (non-hydrogen) atoms. The van der Waals surface area contributed by atoms with Gasteiger partial charge in [0, 0.05) is 32.4 Å². The van der Waals surface area contributed by atoms with Crippen molar-refractivity contribution in [1.29, 1.82) is 0 Å². The van der Waals surface area contributed by atoms with Crippen LogP contribution in [0.3, 0.4) is 0 Å². The molecule has 0 amide bonds. The zero-order valence-corrected chi connectivity index (χ0v) is 16.6. The van der Waals surface area contributed by atoms with Gasteiger partial charge in [-0.1, -0.05) is 0 Å². The number of hydrogen-bond acceptors (Lipinski definition) is 5. The van der Waals surface area contributed by atoms with E-state index in [1.54, 1.807) is 0 Å². The normalized spacial score (nSPS) is 22.7. The fraction of sp³-hybridized carbons (Fsp3) is 0.941. The molecule has 1 N–H and O–H groups in total. The van der Waals surface area contributed by atoms with E-state index in [0.29, 0.717) is 13.2 Å². The summed E-state index contributed by atoms with van der Waals surface area (Å²) < 4.78 is 27.5. The van der Waals surface area contributed by atoms with Crippen molar-refractivity contribution in [2.45, 2.75) is 26.2 Å². The minimum atomic E-state index is -2.95. The summed E-state index contributed by atoms with van der Waals surface area (Å²) in [6, 6.07) is 0. The highest BCUT2D eigenvalue weighted by molar-refractivity contribution is 7.90. The molecule has 0 spiro atoms. The second-order valence-electron chi connectivity index (χ2n) is 7.09. The Labute approximate surface area is 152 Å². The Kier molecular flexibility index (Phi) is 8.45. The summed E-state index contributed by atoms with van der Waals surface area (Å²) in [7, 11) is -2.95. The molecule has 0 aromatic rings. The van der Waals surface area contributed by atoms with E-state index in [-0.39, 0.29) is 12.4 Å². The van der Waals surface area contributed by atoms with Crippen molar-refractivity contribution in [3.05, 3.63) is 0 Å². The van der Waals surface area contributed by atoms with E-state index in [1.165, 1.54) is 45.2 Å². The number of guanidine groups is 1. The Balaban J connectivity index is 1.71. The fourth-order valence-electron chi connectivity index (χ4n) is 3.46. The van der Waals surface area contributed by atoms with Crippen LogP contribution in [-0.4, -0.2) is 95.2 Å². The second kappa shape index (κ2) is 10.3. The van der Waals surface area contributed by atoms with Crippen LogP contribution in [0.2, 0.25) is 0 Å². The first-order chi connectivity index (χ1) is 12.0. The first-order valence-electron chi connectivity index (χ1n) is 9.49. The van der Waals surface area contributed by atoms with Crippen LogP contribution in [0, 0.1) is 5.92 Å². The molecule has 2 aliphatic rings. The molecule has 0 aromatic heterocycles. The zero-order chi connectivity index (χ0) is 18.1. The maximum atomic E-state index is 11.1. The molecule has 2 aliphatic heterocycles. The Bertz CT molecular complexity index is 518. The zero-order valence-electron chi connectivity index (χ0n) is 15.7. The molecule has 1 atom stereocenters. The third-order valence-electron chi connectivity index (χ3n) is 4.73. The lowest BCUT2D eigenvalue weighted by atomic mass is 10.1. The van der Waals surface area contributed by atoms with Gasteiger partial charge in [0.15, 0.2) is 5.96 Å². The first-order valence-corrected chi connectivity index (χ1v) is 11.5. The first kappa shape index (κ1) is 20.5. The van der Waals surface area contributed by atoms with Crippen molar-refractivity contribution in [3.63, 3.8) is 0 Å². The number of nitrogens with one attached hydrogen (secondary N) is 1. The monoisotopic (exact) mass is 374 g/mol. The van der Waals surface area contributed by atoms with Gasteiger partial charge < -0.3 is 19.9 Å². The third-order valence-corrected chi connectivity index (χ3v) is 5.64. The number of rotatable bonds is 9. The molecule has 146 valence electrons. The van der Waals surface area contributed by atoms with Gasteiger partial charge in [-0.3, -0.25) is 4.99 Å². The molecule has 0 bridgehead atoms. The van der Waals surface area contributed by atoms with Crippen LogP contribution >= 0.6 is 0 Å². The molecule has 2 heterocycles. The Morgan fingerprint density at radius 2 is 2.00 bits per heavy atom. The molecule has 0 radical (unpaired) electrons. The highest BCUT2D eigenvalue weighted by Gasteiger charge is 2.27. The van der Waals surface area contributed by atoms with E-state index < -0.39 is 9.84 Å². The lowest BCUT2D eigenvalue weighted by Crippen LogP contribution is -2.41. The summed E-state index contributed by atoms with van der Waals surface area (Å²) in [6.45, 7) is 10.0. The fourth-order valence-corrected chi connectivity index (χ4v) is 3.88. The van der Waals surface area contributed by atoms with Crippen LogP contribution in [0.1, 0.15) is 26.2 Å². The standard InChI is InChI=1S/C17H34N4O3S/c1-3-18-17(19-7-11-24-12-13-25(2,22)23)21-10-6-16(15-21)14-20-8-4-5-9-20/h16H,3-15H2,1-2H3,(H,18,19). The van der Waals surface area contributed by atoms with E-state index >= 15 is 0 Å². The number of sulfone groups is 1. The van der Waals surface area contributed by atoms with Gasteiger partial charge in [-0.25, -0.2) is 8.42 Å². The smallest absolute Gasteiger partial charge is 0.194 e. The topological polar surface area (TPSA) is 74.2 Å². The maximum absolute atomic E-state index is 11.1. The van der Waals surface area contributed by atoms with E-state index in [1.807, 2.05) is 0 Å². The van der Waals surface area contributed by atoms with Gasteiger partial charge in [-0.15, -0.1) is 0 Å². The second-order valence-corrected chi connectivity index (χ2v) is 9.35. The van der Waals surface area contributed by atoms with Crippen LogP contribution in [0.5, 0.6) is 0 Å². The quantitative estimate of drug-likeness (QED) is 0.358. The number of likely N-dealkylation sites (tertiary alicyclic amines) is 2. The highest BCUT2D eigenvalue weighted by atomic mass is 32.2. The van der Waals surface area contributed by atoms with E-state index in [2.05, 4.69) is 27.0 Å². The van der Waals surface area contributed by atoms with Crippen molar-refractivity contribution in [2.75, 3.05) is 71.0 Å². The average molecular weight is 375 g/mol. The van der Waals surface area contributed by atoms with E-state index in [0.717, 1.165) is 31.5 Å². The number of hydrogen-bond donors (Lipinski definition) is 1. The summed E-state index contributed by atoms with van der Waals surface area (Å²) >= 11 is 0. The van der Waals surface area contributed by atoms with Crippen molar-refractivity contribution < 1.29 is 13.2 Å². The summed E-state index contributed by atoms with van der Waals surface area (Å²) in [6.07, 6.45) is 5.15. The van der Waals surface area contributed by atoms with Crippen molar-refractivity contribution in [1.82, 2.24) is 15.1 Å². The van der Waals surface area contributed by atoms with Crippen molar-refractivity contribution in [2.24, 2.45) is 10.9 Å². The van der Waals surface area contributed by atoms with Crippen molar-refractivity contribution >= 4 is 15.8 Å². The number of aliphatic imine (C=N–C) groups is 1. The largest absolute Gasteiger partial charge is 0.378 e. The van der Waals surface area contributed by atoms with Crippen LogP contribution in [0.15, 0.2) is 4.99 Å². The molecule has 7 nitrogen and oxygen atoms in total. The molecule has 2 rings (SSSR count). The van der Waals surface area contributed by atoms with Crippen LogP contribution in [0.4, 0.5) is 0 Å². The Hall–Kier alpha value is -0.860. The van der Waals surface area contributed by atoms with Gasteiger partial charge in [-0.2, -0.15) is 0 Å². The van der Waals surface area contributed by atoms with Gasteiger partial charge in [0.25, 0.3) is 0 Å². The average Bonchev–Trinajstić information content (AvgIpc) is 3.21. The summed E-state index contributed by atoms with van der Waals surface area (Å²) in [5.41, 5.74) is 0. The molecule has 1 unspecified atom stereocenters. The summed E-state index contributed by atoms with van der Waals surface area (Å²) in [4.78, 5) is 9.58. The molecule has 2 saturated heterocycles. The Morgan fingerprint density at radius 1 is 1.24 bits per heavy atom. The highest BCUT2D eigenvalue weighted by Crippen LogP contribution is 2.19. The molecule has 0 aliphatic carbocycles. The van der Waals surface area contributed by atoms with Gasteiger partial charge in [0.1, 0.15) is 9.84 Å². The van der Waals surface area contributed by atoms with E-state index in [9.17, 15) is 8.42 Å². The van der Waals surface area contributed by atoms with Crippen molar-refractivity contribution in [3.8, 4) is 0 Å².